The van der Waals surface area contributed by atoms with Crippen LogP contribution in [-0.2, 0) is 15.6 Å². The van der Waals surface area contributed by atoms with Gasteiger partial charge >= 0.3 is 0 Å². The van der Waals surface area contributed by atoms with Gasteiger partial charge in [0.2, 0.25) is 5.91 Å². The smallest absolute Gasteiger partial charge is 0.222 e. The Hall–Kier alpha value is -1.47. The number of likely N-dealkylation sites (tertiary alicyclic amines) is 1. The van der Waals surface area contributed by atoms with Crippen molar-refractivity contribution in [1.82, 2.24) is 15.2 Å². The molecule has 3 N–H and O–H groups in total. The van der Waals surface area contributed by atoms with E-state index in [1.807, 2.05) is 13.8 Å². The molecule has 3 rings (SSSR count). The first kappa shape index (κ1) is 20.6. The van der Waals surface area contributed by atoms with Crippen molar-refractivity contribution in [2.45, 2.75) is 50.6 Å². The zero-order chi connectivity index (χ0) is 17.9. The van der Waals surface area contributed by atoms with E-state index in [0.29, 0.717) is 22.7 Å². The summed E-state index contributed by atoms with van der Waals surface area (Å²) in [6.07, 6.45) is 7.22. The summed E-state index contributed by atoms with van der Waals surface area (Å²) in [6.45, 7) is 7.16. The number of pyridine rings is 1. The van der Waals surface area contributed by atoms with Crippen LogP contribution in [-0.4, -0.2) is 51.9 Å². The van der Waals surface area contributed by atoms with Crippen molar-refractivity contribution in [1.29, 1.82) is 0 Å². The summed E-state index contributed by atoms with van der Waals surface area (Å²) in [6, 6.07) is 3.89. The molecular weight excluding hydrogens is 324 g/mol. The van der Waals surface area contributed by atoms with Crippen molar-refractivity contribution < 1.29 is 9.00 Å². The number of rotatable bonds is 2. The Bertz CT molecular complexity index is 516. The van der Waals surface area contributed by atoms with Crippen molar-refractivity contribution in [3.05, 3.63) is 18.3 Å². The van der Waals surface area contributed by atoms with Crippen LogP contribution in [0.4, 0.5) is 5.69 Å². The summed E-state index contributed by atoms with van der Waals surface area (Å²) in [5.41, 5.74) is 5.96. The van der Waals surface area contributed by atoms with Crippen LogP contribution < -0.4 is 11.1 Å². The molecule has 2 fully saturated rings. The minimum absolute atomic E-state index is 0.377. The number of nitrogens with two attached hydrogens (primary N) is 1. The molecule has 0 saturated carbocycles. The second kappa shape index (κ2) is 11.1. The highest BCUT2D eigenvalue weighted by Gasteiger charge is 2.28. The van der Waals surface area contributed by atoms with E-state index in [2.05, 4.69) is 15.2 Å². The third-order valence-corrected chi connectivity index (χ3v) is 4.74. The van der Waals surface area contributed by atoms with Gasteiger partial charge in [0.1, 0.15) is 5.03 Å². The number of nitrogens with zero attached hydrogens (tertiary/aromatic N) is 2. The number of piperidine rings is 1. The summed E-state index contributed by atoms with van der Waals surface area (Å²) in [7, 11) is -1.00. The van der Waals surface area contributed by atoms with Gasteiger partial charge in [-0.2, -0.15) is 0 Å². The molecule has 136 valence electrons. The van der Waals surface area contributed by atoms with Gasteiger partial charge < -0.3 is 16.0 Å². The van der Waals surface area contributed by atoms with Crippen LogP contribution in [0.1, 0.15) is 39.5 Å². The van der Waals surface area contributed by atoms with E-state index in [1.165, 1.54) is 6.20 Å². The second-order valence-electron chi connectivity index (χ2n) is 5.56. The van der Waals surface area contributed by atoms with Crippen molar-refractivity contribution in [3.8, 4) is 0 Å². The number of hydrogen-bond acceptors (Lipinski definition) is 5. The Morgan fingerprint density at radius 3 is 2.42 bits per heavy atom. The molecule has 6 nitrogen and oxygen atoms in total. The molecule has 1 aromatic rings. The minimum atomic E-state index is -1.00. The van der Waals surface area contributed by atoms with Gasteiger partial charge in [-0.25, -0.2) is 4.98 Å². The third kappa shape index (κ3) is 6.57. The number of hydrogen-bond donors (Lipinski definition) is 2. The van der Waals surface area contributed by atoms with Gasteiger partial charge in [0.15, 0.2) is 0 Å². The maximum Gasteiger partial charge on any atom is 0.222 e. The lowest BCUT2D eigenvalue weighted by atomic mass is 10.1. The lowest BCUT2D eigenvalue weighted by Crippen LogP contribution is -2.43. The van der Waals surface area contributed by atoms with Crippen LogP contribution in [0, 0.1) is 0 Å². The first-order valence-electron chi connectivity index (χ1n) is 8.63. The van der Waals surface area contributed by atoms with Gasteiger partial charge in [-0.15, -0.1) is 0 Å². The highest BCUT2D eigenvalue weighted by atomic mass is 32.2. The average Bonchev–Trinajstić information content (AvgIpc) is 3.04. The molecule has 3 heterocycles. The Morgan fingerprint density at radius 2 is 1.96 bits per heavy atom. The van der Waals surface area contributed by atoms with E-state index in [9.17, 15) is 9.00 Å². The summed E-state index contributed by atoms with van der Waals surface area (Å²) in [5.74, 6) is 0.377. The number of nitrogens with one attached hydrogen (secondary N) is 1. The lowest BCUT2D eigenvalue weighted by molar-refractivity contribution is -0.130. The first-order valence-corrected chi connectivity index (χ1v) is 10.2. The maximum atomic E-state index is 11.4. The van der Waals surface area contributed by atoms with Gasteiger partial charge in [0.05, 0.1) is 22.7 Å². The predicted molar refractivity (Wildman–Crippen MR) is 99.2 cm³/mol. The van der Waals surface area contributed by atoms with Gasteiger partial charge in [0, 0.05) is 25.3 Å². The summed E-state index contributed by atoms with van der Waals surface area (Å²) >= 11 is 0. The fourth-order valence-corrected chi connectivity index (χ4v) is 3.20. The molecule has 1 atom stereocenters. The van der Waals surface area contributed by atoms with Gasteiger partial charge in [-0.1, -0.05) is 13.8 Å². The molecular formula is C17H30N4O2S. The Labute approximate surface area is 147 Å². The highest BCUT2D eigenvalue weighted by molar-refractivity contribution is 7.84. The van der Waals surface area contributed by atoms with E-state index in [0.717, 1.165) is 45.3 Å². The third-order valence-electron chi connectivity index (χ3n) is 3.91. The van der Waals surface area contributed by atoms with Crippen molar-refractivity contribution in [2.75, 3.05) is 31.6 Å². The van der Waals surface area contributed by atoms with Crippen molar-refractivity contribution in [2.24, 2.45) is 0 Å². The van der Waals surface area contributed by atoms with Crippen LogP contribution >= 0.6 is 0 Å². The van der Waals surface area contributed by atoms with E-state index in [4.69, 9.17) is 5.73 Å². The molecule has 0 radical (unpaired) electrons. The molecule has 2 aliphatic heterocycles. The van der Waals surface area contributed by atoms with Crippen molar-refractivity contribution >= 4 is 22.4 Å². The van der Waals surface area contributed by atoms with Crippen LogP contribution in [0.3, 0.4) is 0 Å². The number of carbonyl (C=O) groups excluding carboxylic acids is 1. The maximum absolute atomic E-state index is 11.4. The molecule has 2 aliphatic rings. The van der Waals surface area contributed by atoms with Gasteiger partial charge in [-0.05, 0) is 44.5 Å². The predicted octanol–water partition coefficient (Wildman–Crippen LogP) is 1.79. The molecule has 1 aromatic heterocycles. The fourth-order valence-electron chi connectivity index (χ4n) is 2.74. The van der Waals surface area contributed by atoms with E-state index in [-0.39, 0.29) is 0 Å². The van der Waals surface area contributed by atoms with E-state index >= 15 is 0 Å². The van der Waals surface area contributed by atoms with E-state index in [1.54, 1.807) is 18.4 Å². The average molecular weight is 355 g/mol. The minimum Gasteiger partial charge on any atom is -0.397 e. The lowest BCUT2D eigenvalue weighted by Gasteiger charge is -2.31. The van der Waals surface area contributed by atoms with Crippen molar-refractivity contribution in [3.63, 3.8) is 0 Å². The van der Waals surface area contributed by atoms with Gasteiger partial charge in [0.25, 0.3) is 0 Å². The molecule has 1 amide bonds. The molecule has 0 aromatic carbocycles. The normalized spacial score (nSPS) is 19.0. The fraction of sp³-hybridized carbons (Fsp3) is 0.647. The largest absolute Gasteiger partial charge is 0.397 e. The quantitative estimate of drug-likeness (QED) is 0.845. The number of nitrogen functional groups attached to an aromatic ring is 1. The standard InChI is InChI=1S/C9H16N2O.C6H8N2OS.C2H6/c12-9-2-1-7-11(9)8-3-5-10-6-4-8;1-10(9)6-3-2-5(7)4-8-6;1-2/h8,10H,1-7H2;2-4H,7H2,1H3;1-2H3. The SMILES string of the molecule is CC.CS(=O)c1ccc(N)cn1.O=C1CCCN1C1CCNCC1. The van der Waals surface area contributed by atoms with Gasteiger partial charge in [-0.3, -0.25) is 9.00 Å². The number of amides is 1. The van der Waals surface area contributed by atoms with Crippen LogP contribution in [0.15, 0.2) is 23.4 Å². The number of anilines is 1. The number of carbonyl (C=O) groups is 1. The molecule has 7 heteroatoms. The molecule has 1 unspecified atom stereocenters. The summed E-state index contributed by atoms with van der Waals surface area (Å²) < 4.78 is 10.8. The Balaban J connectivity index is 0.000000221. The second-order valence-corrected chi connectivity index (χ2v) is 6.88. The number of aromatic nitrogens is 1. The highest BCUT2D eigenvalue weighted by Crippen LogP contribution is 2.19. The molecule has 0 aliphatic carbocycles. The zero-order valence-corrected chi connectivity index (χ0v) is 15.8. The molecule has 2 saturated heterocycles. The monoisotopic (exact) mass is 354 g/mol. The zero-order valence-electron chi connectivity index (χ0n) is 15.0. The molecule has 24 heavy (non-hydrogen) atoms. The summed E-state index contributed by atoms with van der Waals surface area (Å²) in [5, 5.41) is 3.88. The van der Waals surface area contributed by atoms with Crippen LogP contribution in [0.25, 0.3) is 0 Å². The Kier molecular flexibility index (Phi) is 9.56. The topological polar surface area (TPSA) is 88.3 Å². The van der Waals surface area contributed by atoms with Crippen LogP contribution in [0.5, 0.6) is 0 Å². The molecule has 0 bridgehead atoms. The first-order chi connectivity index (χ1) is 11.6. The molecule has 0 spiro atoms. The van der Waals surface area contributed by atoms with E-state index < -0.39 is 10.8 Å². The summed E-state index contributed by atoms with van der Waals surface area (Å²) in [4.78, 5) is 17.3. The Morgan fingerprint density at radius 1 is 1.29 bits per heavy atom. The van der Waals surface area contributed by atoms with Crippen LogP contribution in [0.2, 0.25) is 0 Å².